The Morgan fingerprint density at radius 3 is 2.67 bits per heavy atom. The van der Waals surface area contributed by atoms with Gasteiger partial charge in [0.2, 0.25) is 0 Å². The third-order valence-electron chi connectivity index (χ3n) is 2.68. The molecule has 2 rings (SSSR count). The molecule has 0 unspecified atom stereocenters. The normalized spacial score (nSPS) is 11.6. The average molecular weight is 247 g/mol. The highest BCUT2D eigenvalue weighted by atomic mass is 16.2. The van der Waals surface area contributed by atoms with E-state index in [0.29, 0.717) is 11.5 Å². The number of hydrogen-bond donors (Lipinski definition) is 2. The number of carbonyl (C=O) groups is 1. The molecule has 0 aliphatic rings. The van der Waals surface area contributed by atoms with Gasteiger partial charge in [-0.05, 0) is 0 Å². The van der Waals surface area contributed by atoms with Crippen LogP contribution in [0.25, 0.3) is 0 Å². The lowest BCUT2D eigenvalue weighted by molar-refractivity contribution is 0.101. The van der Waals surface area contributed by atoms with Crippen molar-refractivity contribution < 1.29 is 4.79 Å². The van der Waals surface area contributed by atoms with Crippen molar-refractivity contribution in [3.8, 4) is 0 Å². The summed E-state index contributed by atoms with van der Waals surface area (Å²) in [6.45, 7) is 6.23. The van der Waals surface area contributed by atoms with E-state index in [-0.39, 0.29) is 11.3 Å². The van der Waals surface area contributed by atoms with Crippen LogP contribution in [0.15, 0.2) is 18.6 Å². The molecular weight excluding hydrogens is 230 g/mol. The molecule has 2 heterocycles. The van der Waals surface area contributed by atoms with Crippen LogP contribution in [0.1, 0.15) is 37.0 Å². The fraction of sp³-hybridized carbons (Fsp3) is 0.417. The monoisotopic (exact) mass is 247 g/mol. The van der Waals surface area contributed by atoms with Gasteiger partial charge in [0.15, 0.2) is 5.82 Å². The molecule has 96 valence electrons. The van der Waals surface area contributed by atoms with Crippen molar-refractivity contribution in [2.45, 2.75) is 26.2 Å². The van der Waals surface area contributed by atoms with Gasteiger partial charge >= 0.3 is 0 Å². The first-order valence-corrected chi connectivity index (χ1v) is 5.71. The third kappa shape index (κ3) is 2.42. The standard InChI is InChI=1S/C12H17N5O/c1-12(2,3)9-5-10(16-15-9)14-11(18)8-6-13-7-17(8)4/h5-7H,1-4H3,(H2,14,15,16,18). The highest BCUT2D eigenvalue weighted by Gasteiger charge is 2.18. The second-order valence-electron chi connectivity index (χ2n) is 5.26. The Balaban J connectivity index is 2.13. The van der Waals surface area contributed by atoms with Gasteiger partial charge in [0, 0.05) is 24.2 Å². The molecule has 1 amide bonds. The van der Waals surface area contributed by atoms with Gasteiger partial charge in [0.25, 0.3) is 5.91 Å². The van der Waals surface area contributed by atoms with Crippen LogP contribution in [-0.2, 0) is 12.5 Å². The molecule has 0 atom stereocenters. The Morgan fingerprint density at radius 2 is 2.17 bits per heavy atom. The van der Waals surface area contributed by atoms with E-state index >= 15 is 0 Å². The van der Waals surface area contributed by atoms with E-state index in [2.05, 4.69) is 41.3 Å². The molecule has 2 N–H and O–H groups in total. The fourth-order valence-corrected chi connectivity index (χ4v) is 1.53. The molecule has 0 saturated carbocycles. The first-order valence-electron chi connectivity index (χ1n) is 5.71. The molecular formula is C12H17N5O. The van der Waals surface area contributed by atoms with Crippen molar-refractivity contribution in [2.75, 3.05) is 5.32 Å². The van der Waals surface area contributed by atoms with Crippen molar-refractivity contribution in [3.05, 3.63) is 30.0 Å². The number of anilines is 1. The van der Waals surface area contributed by atoms with Gasteiger partial charge in [-0.3, -0.25) is 9.89 Å². The van der Waals surface area contributed by atoms with Crippen LogP contribution >= 0.6 is 0 Å². The summed E-state index contributed by atoms with van der Waals surface area (Å²) < 4.78 is 1.66. The predicted octanol–water partition coefficient (Wildman–Crippen LogP) is 1.69. The molecule has 0 fully saturated rings. The summed E-state index contributed by atoms with van der Waals surface area (Å²) in [5.74, 6) is 0.299. The second kappa shape index (κ2) is 4.29. The maximum absolute atomic E-state index is 11.9. The Hall–Kier alpha value is -2.11. The summed E-state index contributed by atoms with van der Waals surface area (Å²) in [7, 11) is 1.77. The first kappa shape index (κ1) is 12.3. The molecule has 2 aromatic heterocycles. The highest BCUT2D eigenvalue weighted by molar-refractivity contribution is 6.02. The van der Waals surface area contributed by atoms with Crippen LogP contribution in [0.5, 0.6) is 0 Å². The van der Waals surface area contributed by atoms with E-state index in [0.717, 1.165) is 5.69 Å². The molecule has 0 bridgehead atoms. The van der Waals surface area contributed by atoms with Crippen LogP contribution in [0.4, 0.5) is 5.82 Å². The maximum Gasteiger partial charge on any atom is 0.275 e. The zero-order valence-corrected chi connectivity index (χ0v) is 11.0. The SMILES string of the molecule is Cn1cncc1C(=O)Nc1cc(C(C)(C)C)[nH]n1. The molecule has 2 aromatic rings. The average Bonchev–Trinajstić information content (AvgIpc) is 2.85. The molecule has 0 aliphatic heterocycles. The number of aryl methyl sites for hydroxylation is 1. The van der Waals surface area contributed by atoms with Crippen LogP contribution in [-0.4, -0.2) is 25.7 Å². The Bertz CT molecular complexity index is 561. The van der Waals surface area contributed by atoms with Gasteiger partial charge in [0.1, 0.15) is 5.69 Å². The molecule has 18 heavy (non-hydrogen) atoms. The number of aromatic amines is 1. The van der Waals surface area contributed by atoms with Gasteiger partial charge < -0.3 is 9.88 Å². The highest BCUT2D eigenvalue weighted by Crippen LogP contribution is 2.22. The van der Waals surface area contributed by atoms with Crippen molar-refractivity contribution in [3.63, 3.8) is 0 Å². The number of amides is 1. The molecule has 0 spiro atoms. The number of nitrogens with zero attached hydrogens (tertiary/aromatic N) is 3. The van der Waals surface area contributed by atoms with E-state index in [9.17, 15) is 4.79 Å². The van der Waals surface area contributed by atoms with Crippen LogP contribution in [0, 0.1) is 0 Å². The minimum atomic E-state index is -0.220. The summed E-state index contributed by atoms with van der Waals surface area (Å²) in [6, 6.07) is 1.84. The quantitative estimate of drug-likeness (QED) is 0.848. The number of nitrogens with one attached hydrogen (secondary N) is 2. The number of H-pyrrole nitrogens is 1. The van der Waals surface area contributed by atoms with Crippen LogP contribution < -0.4 is 5.32 Å². The van der Waals surface area contributed by atoms with Gasteiger partial charge in [-0.25, -0.2) is 4.98 Å². The van der Waals surface area contributed by atoms with E-state index < -0.39 is 0 Å². The Kier molecular flexibility index (Phi) is 2.94. The van der Waals surface area contributed by atoms with Crippen molar-refractivity contribution in [1.29, 1.82) is 0 Å². The summed E-state index contributed by atoms with van der Waals surface area (Å²) in [4.78, 5) is 15.8. The lowest BCUT2D eigenvalue weighted by Crippen LogP contribution is -2.15. The summed E-state index contributed by atoms with van der Waals surface area (Å²) >= 11 is 0. The molecule has 0 aromatic carbocycles. The Labute approximate surface area is 105 Å². The predicted molar refractivity (Wildman–Crippen MR) is 68.4 cm³/mol. The summed E-state index contributed by atoms with van der Waals surface area (Å²) in [6.07, 6.45) is 3.10. The minimum absolute atomic E-state index is 0.0253. The molecule has 6 nitrogen and oxygen atoms in total. The third-order valence-corrected chi connectivity index (χ3v) is 2.68. The van der Waals surface area contributed by atoms with Gasteiger partial charge in [-0.2, -0.15) is 5.10 Å². The zero-order chi connectivity index (χ0) is 13.3. The van der Waals surface area contributed by atoms with E-state index in [1.165, 1.54) is 6.20 Å². The first-order chi connectivity index (χ1) is 8.38. The largest absolute Gasteiger partial charge is 0.330 e. The molecule has 0 radical (unpaired) electrons. The van der Waals surface area contributed by atoms with Crippen molar-refractivity contribution in [2.24, 2.45) is 7.05 Å². The van der Waals surface area contributed by atoms with Crippen molar-refractivity contribution >= 4 is 11.7 Å². The number of hydrogen-bond acceptors (Lipinski definition) is 3. The van der Waals surface area contributed by atoms with Gasteiger partial charge in [-0.1, -0.05) is 20.8 Å². The summed E-state index contributed by atoms with van der Waals surface area (Å²) in [5, 5.41) is 9.73. The smallest absolute Gasteiger partial charge is 0.275 e. The Morgan fingerprint density at radius 1 is 1.44 bits per heavy atom. The van der Waals surface area contributed by atoms with Crippen molar-refractivity contribution in [1.82, 2.24) is 19.7 Å². The number of carbonyl (C=O) groups excluding carboxylic acids is 1. The van der Waals surface area contributed by atoms with E-state index in [1.807, 2.05) is 6.07 Å². The van der Waals surface area contributed by atoms with E-state index in [1.54, 1.807) is 17.9 Å². The molecule has 6 heteroatoms. The molecule has 0 aliphatic carbocycles. The van der Waals surface area contributed by atoms with Crippen LogP contribution in [0.2, 0.25) is 0 Å². The van der Waals surface area contributed by atoms with Gasteiger partial charge in [0.05, 0.1) is 12.5 Å². The minimum Gasteiger partial charge on any atom is -0.330 e. The lowest BCUT2D eigenvalue weighted by Gasteiger charge is -2.14. The maximum atomic E-state index is 11.9. The number of rotatable bonds is 2. The molecule has 0 saturated heterocycles. The van der Waals surface area contributed by atoms with Crippen LogP contribution in [0.3, 0.4) is 0 Å². The lowest BCUT2D eigenvalue weighted by atomic mass is 9.92. The van der Waals surface area contributed by atoms with Gasteiger partial charge in [-0.15, -0.1) is 0 Å². The zero-order valence-electron chi connectivity index (χ0n) is 11.0. The fourth-order valence-electron chi connectivity index (χ4n) is 1.53. The van der Waals surface area contributed by atoms with E-state index in [4.69, 9.17) is 0 Å². The summed E-state index contributed by atoms with van der Waals surface area (Å²) in [5.41, 5.74) is 1.45. The number of imidazole rings is 1. The number of aromatic nitrogens is 4. The second-order valence-corrected chi connectivity index (χ2v) is 5.26. The topological polar surface area (TPSA) is 75.6 Å².